The zero-order valence-electron chi connectivity index (χ0n) is 21.4. The molecule has 6 aromatic carbocycles. The molecule has 0 saturated heterocycles. The fourth-order valence-electron chi connectivity index (χ4n) is 6.42. The van der Waals surface area contributed by atoms with E-state index < -0.39 is 15.8 Å². The standard InChI is InChI=1S/C36H26P2/c1-37-31-19-20-32-36-30(28-16-14-26(22-34(28)38(32)2)24-11-7-4-8-12-24)18-17-29(35(31)36)27-15-13-25(21-33(27)37)23-9-5-3-6-10-23/h3-22H,1-2H3. The number of hydrogen-bond donors (Lipinski definition) is 0. The molecule has 8 rings (SSSR count). The lowest BCUT2D eigenvalue weighted by Crippen LogP contribution is -2.26. The molecule has 2 unspecified atom stereocenters. The van der Waals surface area contributed by atoms with Gasteiger partial charge in [0.05, 0.1) is 0 Å². The first-order chi connectivity index (χ1) is 18.7. The predicted octanol–water partition coefficient (Wildman–Crippen LogP) is 8.26. The third-order valence-electron chi connectivity index (χ3n) is 8.35. The van der Waals surface area contributed by atoms with Gasteiger partial charge in [-0.15, -0.1) is 0 Å². The van der Waals surface area contributed by atoms with Gasteiger partial charge < -0.3 is 0 Å². The van der Waals surface area contributed by atoms with Crippen LogP contribution >= 0.6 is 15.8 Å². The molecule has 0 N–H and O–H groups in total. The molecule has 2 atom stereocenters. The highest BCUT2D eigenvalue weighted by atomic mass is 31.1. The van der Waals surface area contributed by atoms with E-state index >= 15 is 0 Å². The topological polar surface area (TPSA) is 0 Å². The summed E-state index contributed by atoms with van der Waals surface area (Å²) in [6.07, 6.45) is 0. The SMILES string of the molecule is CP1c2cc(-c3ccccc3)ccc2-c2ccc3c4c(ccc1c24)P(C)c1cc(-c2ccccc2)ccc1-3. The van der Waals surface area contributed by atoms with E-state index in [2.05, 4.69) is 135 Å². The lowest BCUT2D eigenvalue weighted by atomic mass is 9.90. The van der Waals surface area contributed by atoms with Crippen LogP contribution in [0.1, 0.15) is 0 Å². The third kappa shape index (κ3) is 3.18. The van der Waals surface area contributed by atoms with Crippen LogP contribution in [-0.2, 0) is 0 Å². The second-order valence-electron chi connectivity index (χ2n) is 10.3. The van der Waals surface area contributed by atoms with Crippen LogP contribution in [0.25, 0.3) is 55.3 Å². The zero-order valence-corrected chi connectivity index (χ0v) is 23.2. The molecule has 180 valence electrons. The Kier molecular flexibility index (Phi) is 5.00. The fourth-order valence-corrected chi connectivity index (χ4v) is 10.4. The van der Waals surface area contributed by atoms with Crippen molar-refractivity contribution < 1.29 is 0 Å². The first-order valence-electron chi connectivity index (χ1n) is 13.2. The monoisotopic (exact) mass is 520 g/mol. The van der Waals surface area contributed by atoms with Crippen molar-refractivity contribution in [3.63, 3.8) is 0 Å². The minimum Gasteiger partial charge on any atom is -0.0622 e. The highest BCUT2D eigenvalue weighted by Gasteiger charge is 2.31. The van der Waals surface area contributed by atoms with Gasteiger partial charge >= 0.3 is 0 Å². The summed E-state index contributed by atoms with van der Waals surface area (Å²) in [5.41, 5.74) is 10.9. The Morgan fingerprint density at radius 2 is 0.737 bits per heavy atom. The molecular formula is C36H26P2. The van der Waals surface area contributed by atoms with Crippen molar-refractivity contribution in [3.8, 4) is 44.5 Å². The molecule has 0 amide bonds. The maximum Gasteiger partial charge on any atom is -0.00121 e. The van der Waals surface area contributed by atoms with E-state index in [9.17, 15) is 0 Å². The maximum atomic E-state index is 2.46. The van der Waals surface area contributed by atoms with Gasteiger partial charge in [-0.3, -0.25) is 0 Å². The van der Waals surface area contributed by atoms with Crippen molar-refractivity contribution in [3.05, 3.63) is 121 Å². The van der Waals surface area contributed by atoms with Gasteiger partial charge in [-0.05, 0) is 118 Å². The van der Waals surface area contributed by atoms with Gasteiger partial charge in [-0.1, -0.05) is 109 Å². The highest BCUT2D eigenvalue weighted by Crippen LogP contribution is 2.51. The van der Waals surface area contributed by atoms with Crippen LogP contribution < -0.4 is 21.2 Å². The molecule has 0 radical (unpaired) electrons. The quantitative estimate of drug-likeness (QED) is 0.202. The zero-order chi connectivity index (χ0) is 25.4. The molecule has 0 aliphatic carbocycles. The van der Waals surface area contributed by atoms with E-state index in [4.69, 9.17) is 0 Å². The molecule has 0 saturated carbocycles. The summed E-state index contributed by atoms with van der Waals surface area (Å²) >= 11 is 0. The summed E-state index contributed by atoms with van der Waals surface area (Å²) in [5.74, 6) is 0. The smallest absolute Gasteiger partial charge is 0.00121 e. The normalized spacial score (nSPS) is 16.7. The van der Waals surface area contributed by atoms with Crippen LogP contribution in [0, 0.1) is 0 Å². The van der Waals surface area contributed by atoms with Crippen LogP contribution in [0.3, 0.4) is 0 Å². The van der Waals surface area contributed by atoms with Crippen LogP contribution in [0.15, 0.2) is 121 Å². The molecule has 0 nitrogen and oxygen atoms in total. The average Bonchev–Trinajstić information content (AvgIpc) is 2.99. The predicted molar refractivity (Wildman–Crippen MR) is 170 cm³/mol. The van der Waals surface area contributed by atoms with Crippen molar-refractivity contribution >= 4 is 47.8 Å². The van der Waals surface area contributed by atoms with E-state index in [-0.39, 0.29) is 0 Å². The van der Waals surface area contributed by atoms with Crippen molar-refractivity contribution in [2.24, 2.45) is 0 Å². The van der Waals surface area contributed by atoms with Crippen molar-refractivity contribution in [2.75, 3.05) is 13.3 Å². The number of fused-ring (bicyclic) bond motifs is 4. The molecule has 0 spiro atoms. The lowest BCUT2D eigenvalue weighted by molar-refractivity contribution is 1.61. The van der Waals surface area contributed by atoms with Gasteiger partial charge in [0.15, 0.2) is 0 Å². The minimum absolute atomic E-state index is 0.435. The van der Waals surface area contributed by atoms with Gasteiger partial charge in [0.1, 0.15) is 0 Å². The Morgan fingerprint density at radius 1 is 0.342 bits per heavy atom. The Bertz CT molecular complexity index is 1750. The maximum absolute atomic E-state index is 2.46. The summed E-state index contributed by atoms with van der Waals surface area (Å²) < 4.78 is 0. The summed E-state index contributed by atoms with van der Waals surface area (Å²) in [5, 5.41) is 9.06. The molecule has 2 aliphatic heterocycles. The van der Waals surface area contributed by atoms with Crippen molar-refractivity contribution in [1.29, 1.82) is 0 Å². The molecule has 6 aromatic rings. The van der Waals surface area contributed by atoms with Crippen LogP contribution in [-0.4, -0.2) is 13.3 Å². The summed E-state index contributed by atoms with van der Waals surface area (Å²) in [7, 11) is -0.870. The van der Waals surface area contributed by atoms with E-state index in [0.29, 0.717) is 0 Å². The molecule has 38 heavy (non-hydrogen) atoms. The molecule has 2 aliphatic rings. The minimum atomic E-state index is -0.435. The van der Waals surface area contributed by atoms with Crippen LogP contribution in [0.2, 0.25) is 0 Å². The molecule has 2 heterocycles. The second-order valence-corrected chi connectivity index (χ2v) is 14.5. The van der Waals surface area contributed by atoms with E-state index in [1.807, 2.05) is 0 Å². The molecule has 0 bridgehead atoms. The largest absolute Gasteiger partial charge is 0.0622 e. The molecular weight excluding hydrogens is 494 g/mol. The van der Waals surface area contributed by atoms with E-state index in [0.717, 1.165) is 0 Å². The Hall–Kier alpha value is -3.56. The number of benzene rings is 6. The van der Waals surface area contributed by atoms with Gasteiger partial charge in [0.2, 0.25) is 0 Å². The summed E-state index contributed by atoms with van der Waals surface area (Å²) in [6.45, 7) is 4.90. The fraction of sp³-hybridized carbons (Fsp3) is 0.0556. The van der Waals surface area contributed by atoms with Crippen molar-refractivity contribution in [1.82, 2.24) is 0 Å². The Morgan fingerprint density at radius 3 is 1.16 bits per heavy atom. The van der Waals surface area contributed by atoms with E-state index in [1.54, 1.807) is 0 Å². The second kappa shape index (κ2) is 8.47. The highest BCUT2D eigenvalue weighted by molar-refractivity contribution is 7.74. The molecule has 0 fully saturated rings. The Balaban J connectivity index is 1.34. The van der Waals surface area contributed by atoms with Crippen LogP contribution in [0.5, 0.6) is 0 Å². The van der Waals surface area contributed by atoms with Gasteiger partial charge in [-0.25, -0.2) is 0 Å². The van der Waals surface area contributed by atoms with Gasteiger partial charge in [-0.2, -0.15) is 0 Å². The number of rotatable bonds is 2. The van der Waals surface area contributed by atoms with E-state index in [1.165, 1.54) is 76.5 Å². The Labute approximate surface area is 226 Å². The third-order valence-corrected chi connectivity index (χ3v) is 12.7. The number of hydrogen-bond acceptors (Lipinski definition) is 0. The van der Waals surface area contributed by atoms with Crippen molar-refractivity contribution in [2.45, 2.75) is 0 Å². The van der Waals surface area contributed by atoms with Gasteiger partial charge in [0.25, 0.3) is 0 Å². The van der Waals surface area contributed by atoms with Crippen LogP contribution in [0.4, 0.5) is 0 Å². The lowest BCUT2D eigenvalue weighted by Gasteiger charge is -2.33. The van der Waals surface area contributed by atoms with Gasteiger partial charge in [0, 0.05) is 0 Å². The molecule has 0 aromatic heterocycles. The summed E-state index contributed by atoms with van der Waals surface area (Å²) in [4.78, 5) is 0. The first kappa shape index (κ1) is 22.4. The summed E-state index contributed by atoms with van der Waals surface area (Å²) in [6, 6.07) is 45.5. The average molecular weight is 521 g/mol. The first-order valence-corrected chi connectivity index (χ1v) is 16.7. The molecule has 2 heteroatoms.